The lowest BCUT2D eigenvalue weighted by atomic mass is 10.1. The van der Waals surface area contributed by atoms with Crippen LogP contribution in [-0.2, 0) is 11.3 Å². The number of aryl methyl sites for hydroxylation is 1. The Morgan fingerprint density at radius 1 is 0.968 bits per heavy atom. The van der Waals surface area contributed by atoms with E-state index in [-0.39, 0.29) is 11.6 Å². The molecular weight excluding hydrogens is 396 g/mol. The normalized spacial score (nSPS) is 14.2. The zero-order chi connectivity index (χ0) is 21.6. The lowest BCUT2D eigenvalue weighted by molar-refractivity contribution is -0.131. The minimum absolute atomic E-state index is 0.203. The van der Waals surface area contributed by atoms with Crippen molar-refractivity contribution in [2.24, 2.45) is 5.73 Å². The second kappa shape index (κ2) is 9.50. The fraction of sp³-hybridized carbons (Fsp3) is 0.429. The van der Waals surface area contributed by atoms with E-state index < -0.39 is 5.91 Å². The van der Waals surface area contributed by atoms with E-state index in [0.717, 1.165) is 50.4 Å². The zero-order valence-electron chi connectivity index (χ0n) is 17.4. The van der Waals surface area contributed by atoms with Gasteiger partial charge in [0, 0.05) is 51.5 Å². The monoisotopic (exact) mass is 422 g/mol. The number of hydrogen-bond donors (Lipinski definition) is 1. The van der Waals surface area contributed by atoms with E-state index in [1.165, 1.54) is 0 Å². The first-order valence-corrected chi connectivity index (χ1v) is 10.5. The Labute approximate surface area is 180 Å². The number of hydrogen-bond acceptors (Lipinski definition) is 7. The lowest BCUT2D eigenvalue weighted by Gasteiger charge is -2.34. The van der Waals surface area contributed by atoms with Crippen LogP contribution in [0.25, 0.3) is 11.2 Å². The zero-order valence-corrected chi connectivity index (χ0v) is 17.4. The second-order valence-corrected chi connectivity index (χ2v) is 7.57. The highest BCUT2D eigenvalue weighted by atomic mass is 16.2. The minimum Gasteiger partial charge on any atom is -0.364 e. The molecule has 0 unspecified atom stereocenters. The van der Waals surface area contributed by atoms with Crippen LogP contribution in [0.4, 0.5) is 5.95 Å². The molecule has 1 fully saturated rings. The summed E-state index contributed by atoms with van der Waals surface area (Å²) < 4.78 is 1.93. The molecule has 0 saturated carbocycles. The number of nitrogens with zero attached hydrogens (tertiary/aromatic N) is 7. The highest BCUT2D eigenvalue weighted by Crippen LogP contribution is 2.14. The second-order valence-electron chi connectivity index (χ2n) is 7.57. The summed E-state index contributed by atoms with van der Waals surface area (Å²) in [6, 6.07) is 5.13. The van der Waals surface area contributed by atoms with Gasteiger partial charge in [-0.2, -0.15) is 0 Å². The molecular formula is C21H26N8O2. The quantitative estimate of drug-likeness (QED) is 0.542. The molecule has 0 spiro atoms. The van der Waals surface area contributed by atoms with Crippen molar-refractivity contribution in [3.8, 4) is 0 Å². The summed E-state index contributed by atoms with van der Waals surface area (Å²) in [5, 5.41) is 0. The Bertz CT molecular complexity index is 1040. The van der Waals surface area contributed by atoms with Gasteiger partial charge < -0.3 is 20.1 Å². The van der Waals surface area contributed by atoms with Gasteiger partial charge >= 0.3 is 0 Å². The average molecular weight is 422 g/mol. The van der Waals surface area contributed by atoms with Gasteiger partial charge in [0.05, 0.1) is 6.33 Å². The largest absolute Gasteiger partial charge is 0.364 e. The van der Waals surface area contributed by atoms with E-state index in [2.05, 4.69) is 24.8 Å². The van der Waals surface area contributed by atoms with Crippen LogP contribution in [0.5, 0.6) is 0 Å². The van der Waals surface area contributed by atoms with Gasteiger partial charge in [-0.25, -0.2) is 19.9 Å². The van der Waals surface area contributed by atoms with Gasteiger partial charge in [0.25, 0.3) is 5.91 Å². The van der Waals surface area contributed by atoms with Gasteiger partial charge in [-0.1, -0.05) is 6.42 Å². The number of primary amides is 1. The lowest BCUT2D eigenvalue weighted by Crippen LogP contribution is -2.49. The van der Waals surface area contributed by atoms with Crippen LogP contribution >= 0.6 is 0 Å². The first-order valence-electron chi connectivity index (χ1n) is 10.5. The summed E-state index contributed by atoms with van der Waals surface area (Å²) in [4.78, 5) is 45.1. The molecule has 0 bridgehead atoms. The number of piperazine rings is 1. The highest BCUT2D eigenvalue weighted by Gasteiger charge is 2.21. The van der Waals surface area contributed by atoms with Crippen molar-refractivity contribution >= 4 is 28.9 Å². The first-order chi connectivity index (χ1) is 15.1. The number of aromatic nitrogens is 5. The predicted octanol–water partition coefficient (Wildman–Crippen LogP) is 1.23. The van der Waals surface area contributed by atoms with Gasteiger partial charge in [0.2, 0.25) is 11.9 Å². The number of carbonyl (C=O) groups is 2. The number of amides is 2. The Morgan fingerprint density at radius 2 is 1.74 bits per heavy atom. The van der Waals surface area contributed by atoms with Crippen LogP contribution in [-0.4, -0.2) is 67.4 Å². The predicted molar refractivity (Wildman–Crippen MR) is 115 cm³/mol. The Balaban J connectivity index is 1.18. The molecule has 3 aromatic rings. The third-order valence-electron chi connectivity index (χ3n) is 5.47. The smallest absolute Gasteiger partial charge is 0.267 e. The van der Waals surface area contributed by atoms with E-state index >= 15 is 0 Å². The summed E-state index contributed by atoms with van der Waals surface area (Å²) in [6.07, 6.45) is 8.42. The van der Waals surface area contributed by atoms with Crippen LogP contribution in [0.15, 0.2) is 36.9 Å². The molecule has 3 aromatic heterocycles. The van der Waals surface area contributed by atoms with Gasteiger partial charge in [0.1, 0.15) is 11.2 Å². The average Bonchev–Trinajstić information content (AvgIpc) is 3.21. The molecule has 1 aliphatic heterocycles. The molecule has 2 amide bonds. The summed E-state index contributed by atoms with van der Waals surface area (Å²) >= 11 is 0. The van der Waals surface area contributed by atoms with E-state index in [4.69, 9.17) is 5.73 Å². The highest BCUT2D eigenvalue weighted by molar-refractivity contribution is 5.92. The standard InChI is InChI=1S/C21H26N8O2/c22-19(31)16-6-7-17-20(26-16)29(15-25-17)10-3-1-2-5-18(30)27-11-13-28(14-12-27)21-23-8-4-9-24-21/h4,6-9,15H,1-3,5,10-14H2,(H2,22,31). The molecule has 10 heteroatoms. The van der Waals surface area contributed by atoms with E-state index in [1.54, 1.807) is 36.9 Å². The van der Waals surface area contributed by atoms with E-state index in [9.17, 15) is 9.59 Å². The number of carbonyl (C=O) groups excluding carboxylic acids is 2. The van der Waals surface area contributed by atoms with Crippen molar-refractivity contribution < 1.29 is 9.59 Å². The van der Waals surface area contributed by atoms with Gasteiger partial charge in [0.15, 0.2) is 5.65 Å². The van der Waals surface area contributed by atoms with Crippen LogP contribution in [0, 0.1) is 0 Å². The summed E-state index contributed by atoms with van der Waals surface area (Å²) in [5.41, 5.74) is 6.95. The third kappa shape index (κ3) is 4.96. The van der Waals surface area contributed by atoms with E-state index in [0.29, 0.717) is 25.2 Å². The molecule has 0 radical (unpaired) electrons. The van der Waals surface area contributed by atoms with Crippen LogP contribution in [0.2, 0.25) is 0 Å². The summed E-state index contributed by atoms with van der Waals surface area (Å²) in [5.74, 6) is 0.374. The number of nitrogens with two attached hydrogens (primary N) is 1. The Hall–Kier alpha value is -3.56. The van der Waals surface area contributed by atoms with Gasteiger partial charge in [-0.05, 0) is 31.0 Å². The molecule has 4 rings (SSSR count). The van der Waals surface area contributed by atoms with Crippen molar-refractivity contribution in [2.45, 2.75) is 32.2 Å². The topological polar surface area (TPSA) is 123 Å². The van der Waals surface area contributed by atoms with Gasteiger partial charge in [-0.3, -0.25) is 9.59 Å². The van der Waals surface area contributed by atoms with Crippen LogP contribution in [0.1, 0.15) is 36.2 Å². The minimum atomic E-state index is -0.551. The SMILES string of the molecule is NC(=O)c1ccc2ncn(CCCCCC(=O)N3CCN(c4ncccn4)CC3)c2n1. The number of anilines is 1. The van der Waals surface area contributed by atoms with Crippen molar-refractivity contribution in [3.05, 3.63) is 42.6 Å². The van der Waals surface area contributed by atoms with Crippen LogP contribution in [0.3, 0.4) is 0 Å². The maximum absolute atomic E-state index is 12.5. The Morgan fingerprint density at radius 3 is 2.48 bits per heavy atom. The molecule has 162 valence electrons. The summed E-state index contributed by atoms with van der Waals surface area (Å²) in [6.45, 7) is 3.64. The van der Waals surface area contributed by atoms with Gasteiger partial charge in [-0.15, -0.1) is 0 Å². The number of imidazole rings is 1. The molecule has 10 nitrogen and oxygen atoms in total. The number of unbranched alkanes of at least 4 members (excludes halogenated alkanes) is 2. The number of fused-ring (bicyclic) bond motifs is 1. The maximum Gasteiger partial charge on any atom is 0.267 e. The fourth-order valence-corrected chi connectivity index (χ4v) is 3.74. The molecule has 1 aliphatic rings. The Kier molecular flexibility index (Phi) is 6.34. The molecule has 31 heavy (non-hydrogen) atoms. The molecule has 0 aromatic carbocycles. The molecule has 1 saturated heterocycles. The van der Waals surface area contributed by atoms with Crippen molar-refractivity contribution in [1.29, 1.82) is 0 Å². The van der Waals surface area contributed by atoms with Crippen LogP contribution < -0.4 is 10.6 Å². The van der Waals surface area contributed by atoms with Crippen molar-refractivity contribution in [3.63, 3.8) is 0 Å². The molecule has 4 heterocycles. The molecule has 2 N–H and O–H groups in total. The maximum atomic E-state index is 12.5. The van der Waals surface area contributed by atoms with Crippen molar-refractivity contribution in [2.75, 3.05) is 31.1 Å². The summed E-state index contributed by atoms with van der Waals surface area (Å²) in [7, 11) is 0. The third-order valence-corrected chi connectivity index (χ3v) is 5.47. The number of rotatable bonds is 8. The molecule has 0 atom stereocenters. The number of pyridine rings is 1. The first kappa shape index (κ1) is 20.7. The van der Waals surface area contributed by atoms with E-state index in [1.807, 2.05) is 9.47 Å². The van der Waals surface area contributed by atoms with Crippen molar-refractivity contribution in [1.82, 2.24) is 29.4 Å². The fourth-order valence-electron chi connectivity index (χ4n) is 3.74. The molecule has 0 aliphatic carbocycles.